The first-order chi connectivity index (χ1) is 15.1. The number of para-hydroxylation sites is 2. The van der Waals surface area contributed by atoms with Gasteiger partial charge in [0.1, 0.15) is 11.6 Å². The number of aryl methyl sites for hydroxylation is 1. The Hall–Kier alpha value is -3.52. The third-order valence-corrected chi connectivity index (χ3v) is 5.41. The number of carbonyl (C=O) groups excluding carboxylic acids is 1. The first-order valence-electron chi connectivity index (χ1n) is 10.3. The van der Waals surface area contributed by atoms with E-state index in [1.807, 2.05) is 31.2 Å². The molecule has 1 fully saturated rings. The number of anilines is 1. The smallest absolute Gasteiger partial charge is 0.256 e. The van der Waals surface area contributed by atoms with E-state index in [2.05, 4.69) is 15.0 Å². The van der Waals surface area contributed by atoms with Crippen LogP contribution in [0.25, 0.3) is 17.0 Å². The molecule has 4 aromatic rings. The summed E-state index contributed by atoms with van der Waals surface area (Å²) >= 11 is 0. The zero-order valence-electron chi connectivity index (χ0n) is 17.1. The highest BCUT2D eigenvalue weighted by Gasteiger charge is 2.23. The first-order valence-corrected chi connectivity index (χ1v) is 10.3. The molecule has 0 aliphatic carbocycles. The number of nitrogens with zero attached hydrogens (tertiary/aromatic N) is 4. The molecule has 7 nitrogen and oxygen atoms in total. The number of hydrogen-bond donors (Lipinski definition) is 1. The molecule has 1 aliphatic rings. The Bertz CT molecular complexity index is 1240. The lowest BCUT2D eigenvalue weighted by molar-refractivity contribution is 0.0976. The van der Waals surface area contributed by atoms with E-state index in [0.29, 0.717) is 23.9 Å². The molecule has 5 rings (SSSR count). The normalized spacial score (nSPS) is 16.1. The number of ether oxygens (including phenoxy) is 1. The molecule has 0 spiro atoms. The molecule has 1 N–H and O–H groups in total. The molecule has 1 aliphatic heterocycles. The predicted octanol–water partition coefficient (Wildman–Crippen LogP) is 4.10. The molecule has 0 saturated carbocycles. The lowest BCUT2D eigenvalue weighted by Gasteiger charge is -2.15. The van der Waals surface area contributed by atoms with Crippen LogP contribution in [-0.4, -0.2) is 37.9 Å². The third kappa shape index (κ3) is 3.82. The van der Waals surface area contributed by atoms with Crippen LogP contribution in [0, 0.1) is 12.7 Å². The van der Waals surface area contributed by atoms with Crippen molar-refractivity contribution in [3.63, 3.8) is 0 Å². The Morgan fingerprint density at radius 1 is 1.23 bits per heavy atom. The van der Waals surface area contributed by atoms with Crippen molar-refractivity contribution >= 4 is 22.8 Å². The molecule has 0 radical (unpaired) electrons. The number of fused-ring (bicyclic) bond motifs is 1. The fourth-order valence-electron chi connectivity index (χ4n) is 3.93. The molecule has 1 amide bonds. The average Bonchev–Trinajstić information content (AvgIpc) is 3.48. The SMILES string of the molecule is Cc1cc(NC(=O)c2ccc(F)cc2)n(-c2nc3ccccc3n2CC2CCCO2)n1. The average molecular weight is 419 g/mol. The van der Waals surface area contributed by atoms with Gasteiger partial charge in [0, 0.05) is 18.2 Å². The van der Waals surface area contributed by atoms with E-state index >= 15 is 0 Å². The molecule has 31 heavy (non-hydrogen) atoms. The van der Waals surface area contributed by atoms with E-state index in [1.54, 1.807) is 10.7 Å². The van der Waals surface area contributed by atoms with Crippen LogP contribution in [0.15, 0.2) is 54.6 Å². The van der Waals surface area contributed by atoms with Crippen molar-refractivity contribution in [2.75, 3.05) is 11.9 Å². The van der Waals surface area contributed by atoms with Crippen molar-refractivity contribution in [1.82, 2.24) is 19.3 Å². The van der Waals surface area contributed by atoms with E-state index in [1.165, 1.54) is 24.3 Å². The van der Waals surface area contributed by atoms with Gasteiger partial charge in [-0.25, -0.2) is 9.37 Å². The summed E-state index contributed by atoms with van der Waals surface area (Å²) in [5, 5.41) is 7.48. The molecule has 3 heterocycles. The van der Waals surface area contributed by atoms with Crippen molar-refractivity contribution < 1.29 is 13.9 Å². The van der Waals surface area contributed by atoms with Crippen LogP contribution < -0.4 is 5.32 Å². The minimum Gasteiger partial charge on any atom is -0.376 e. The number of hydrogen-bond acceptors (Lipinski definition) is 4. The summed E-state index contributed by atoms with van der Waals surface area (Å²) in [6.45, 7) is 3.28. The van der Waals surface area contributed by atoms with Crippen LogP contribution >= 0.6 is 0 Å². The molecule has 158 valence electrons. The molecule has 1 saturated heterocycles. The van der Waals surface area contributed by atoms with Gasteiger partial charge < -0.3 is 14.6 Å². The summed E-state index contributed by atoms with van der Waals surface area (Å²) in [6, 6.07) is 15.1. The topological polar surface area (TPSA) is 74.0 Å². The second-order valence-electron chi connectivity index (χ2n) is 7.69. The quantitative estimate of drug-likeness (QED) is 0.529. The Kier molecular flexibility index (Phi) is 4.99. The molecule has 8 heteroatoms. The second-order valence-corrected chi connectivity index (χ2v) is 7.69. The minimum absolute atomic E-state index is 0.116. The molecule has 2 aromatic carbocycles. The number of amides is 1. The zero-order chi connectivity index (χ0) is 21.4. The summed E-state index contributed by atoms with van der Waals surface area (Å²) in [4.78, 5) is 17.5. The van der Waals surface area contributed by atoms with Crippen molar-refractivity contribution in [2.24, 2.45) is 0 Å². The molecular formula is C23H22FN5O2. The van der Waals surface area contributed by atoms with Crippen molar-refractivity contribution in [3.8, 4) is 5.95 Å². The maximum atomic E-state index is 13.2. The second kappa shape index (κ2) is 7.96. The highest BCUT2D eigenvalue weighted by atomic mass is 19.1. The predicted molar refractivity (Wildman–Crippen MR) is 115 cm³/mol. The summed E-state index contributed by atoms with van der Waals surface area (Å²) in [7, 11) is 0. The van der Waals surface area contributed by atoms with Crippen molar-refractivity contribution in [3.05, 3.63) is 71.7 Å². The number of carbonyl (C=O) groups is 1. The van der Waals surface area contributed by atoms with Crippen LogP contribution in [0.5, 0.6) is 0 Å². The van der Waals surface area contributed by atoms with Crippen LogP contribution in [0.3, 0.4) is 0 Å². The number of rotatable bonds is 5. The van der Waals surface area contributed by atoms with Gasteiger partial charge in [0.25, 0.3) is 5.91 Å². The number of aromatic nitrogens is 4. The van der Waals surface area contributed by atoms with Crippen molar-refractivity contribution in [1.29, 1.82) is 0 Å². The van der Waals surface area contributed by atoms with E-state index in [0.717, 1.165) is 36.2 Å². The zero-order valence-corrected chi connectivity index (χ0v) is 17.1. The van der Waals surface area contributed by atoms with Crippen LogP contribution in [-0.2, 0) is 11.3 Å². The Morgan fingerprint density at radius 3 is 2.81 bits per heavy atom. The number of nitrogens with one attached hydrogen (secondary N) is 1. The van der Waals surface area contributed by atoms with Gasteiger partial charge in [0.15, 0.2) is 0 Å². The third-order valence-electron chi connectivity index (χ3n) is 5.41. The lowest BCUT2D eigenvalue weighted by atomic mass is 10.2. The highest BCUT2D eigenvalue weighted by Crippen LogP contribution is 2.25. The van der Waals surface area contributed by atoms with Crippen LogP contribution in [0.4, 0.5) is 10.2 Å². The monoisotopic (exact) mass is 419 g/mol. The minimum atomic E-state index is -0.389. The van der Waals surface area contributed by atoms with E-state index < -0.39 is 0 Å². The van der Waals surface area contributed by atoms with Gasteiger partial charge in [-0.3, -0.25) is 4.79 Å². The van der Waals surface area contributed by atoms with Gasteiger partial charge in [0.05, 0.1) is 29.4 Å². The van der Waals surface area contributed by atoms with E-state index in [4.69, 9.17) is 9.72 Å². The highest BCUT2D eigenvalue weighted by molar-refractivity contribution is 6.04. The van der Waals surface area contributed by atoms with Gasteiger partial charge in [-0.1, -0.05) is 12.1 Å². The Balaban J connectivity index is 1.54. The summed E-state index contributed by atoms with van der Waals surface area (Å²) < 4.78 is 22.8. The summed E-state index contributed by atoms with van der Waals surface area (Å²) in [5.74, 6) is 0.373. The molecule has 1 unspecified atom stereocenters. The standard InChI is InChI=1S/C23H22FN5O2/c1-15-13-21(26-22(30)16-8-10-17(24)11-9-16)29(27-15)23-25-19-6-2-3-7-20(19)28(23)14-18-5-4-12-31-18/h2-3,6-11,13,18H,4-5,12,14H2,1H3,(H,26,30). The van der Waals surface area contributed by atoms with Gasteiger partial charge in [-0.15, -0.1) is 0 Å². The lowest BCUT2D eigenvalue weighted by Crippen LogP contribution is -2.20. The van der Waals surface area contributed by atoms with Gasteiger partial charge in [-0.05, 0) is 56.2 Å². The maximum absolute atomic E-state index is 13.2. The number of imidazole rings is 1. The fraction of sp³-hybridized carbons (Fsp3) is 0.261. The molecule has 2 aromatic heterocycles. The van der Waals surface area contributed by atoms with Crippen molar-refractivity contribution in [2.45, 2.75) is 32.4 Å². The van der Waals surface area contributed by atoms with Gasteiger partial charge >= 0.3 is 0 Å². The van der Waals surface area contributed by atoms with Gasteiger partial charge in [-0.2, -0.15) is 9.78 Å². The molecule has 0 bridgehead atoms. The summed E-state index contributed by atoms with van der Waals surface area (Å²) in [5.41, 5.74) is 2.93. The first kappa shape index (κ1) is 19.4. The van der Waals surface area contributed by atoms with Crippen LogP contribution in [0.2, 0.25) is 0 Å². The molecular weight excluding hydrogens is 397 g/mol. The summed E-state index contributed by atoms with van der Waals surface area (Å²) in [6.07, 6.45) is 2.16. The number of halogens is 1. The Labute approximate surface area is 178 Å². The number of benzene rings is 2. The largest absolute Gasteiger partial charge is 0.376 e. The van der Waals surface area contributed by atoms with Gasteiger partial charge in [0.2, 0.25) is 5.95 Å². The Morgan fingerprint density at radius 2 is 2.03 bits per heavy atom. The van der Waals surface area contributed by atoms with E-state index in [9.17, 15) is 9.18 Å². The maximum Gasteiger partial charge on any atom is 0.256 e. The van der Waals surface area contributed by atoms with E-state index in [-0.39, 0.29) is 17.8 Å². The fourth-order valence-corrected chi connectivity index (χ4v) is 3.93. The van der Waals surface area contributed by atoms with Crippen LogP contribution in [0.1, 0.15) is 28.9 Å². The molecule has 1 atom stereocenters.